The molecule has 0 aliphatic carbocycles. The lowest BCUT2D eigenvalue weighted by molar-refractivity contribution is 0.0243. The van der Waals surface area contributed by atoms with Crippen molar-refractivity contribution in [3.05, 3.63) is 70.8 Å². The van der Waals surface area contributed by atoms with E-state index in [1.807, 2.05) is 6.92 Å². The number of methoxy groups -OCH3 is 1. The number of ether oxygens (including phenoxy) is 4. The van der Waals surface area contributed by atoms with Crippen LogP contribution in [0.15, 0.2) is 48.5 Å². The highest BCUT2D eigenvalue weighted by atomic mass is 16.9. The standard InChI is InChI=1S/C26H28BO12/c1-3-21-15-36-27(38-21)37-16-22(39-27)14-35-26(31)20-10-8-19(9-11-20)25(30)34-13-12-33-24(29)18-6-4-17(5-7-18)23(28)32-2/h4-11,21-22H,3,12-16H2,1-2H3/q-1. The minimum atomic E-state index is -2.25. The van der Waals surface area contributed by atoms with Crippen LogP contribution in [0.25, 0.3) is 0 Å². The molecule has 1 spiro atoms. The van der Waals surface area contributed by atoms with Crippen molar-refractivity contribution in [2.45, 2.75) is 25.6 Å². The van der Waals surface area contributed by atoms with Crippen molar-refractivity contribution in [1.82, 2.24) is 0 Å². The molecule has 3 atom stereocenters. The summed E-state index contributed by atoms with van der Waals surface area (Å²) in [7, 11) is 1.26. The lowest BCUT2D eigenvalue weighted by Crippen LogP contribution is -2.40. The van der Waals surface area contributed by atoms with Gasteiger partial charge in [0.25, 0.3) is 0 Å². The van der Waals surface area contributed by atoms with Gasteiger partial charge in [-0.15, -0.1) is 0 Å². The molecule has 0 amide bonds. The van der Waals surface area contributed by atoms with Crippen LogP contribution < -0.4 is 0 Å². The lowest BCUT2D eigenvalue weighted by atomic mass is 10.1. The van der Waals surface area contributed by atoms with Crippen LogP contribution in [0.2, 0.25) is 0 Å². The van der Waals surface area contributed by atoms with Crippen LogP contribution in [0.3, 0.4) is 0 Å². The zero-order valence-corrected chi connectivity index (χ0v) is 21.5. The Labute approximate surface area is 224 Å². The van der Waals surface area contributed by atoms with Gasteiger partial charge in [-0.1, -0.05) is 6.92 Å². The summed E-state index contributed by atoms with van der Waals surface area (Å²) in [5, 5.41) is 0. The molecule has 0 radical (unpaired) electrons. The first kappa shape index (κ1) is 28.2. The van der Waals surface area contributed by atoms with Crippen LogP contribution in [0.4, 0.5) is 0 Å². The summed E-state index contributed by atoms with van der Waals surface area (Å²) in [5.74, 6) is -2.41. The van der Waals surface area contributed by atoms with Gasteiger partial charge < -0.3 is 37.6 Å². The van der Waals surface area contributed by atoms with Crippen molar-refractivity contribution in [3.63, 3.8) is 0 Å². The predicted molar refractivity (Wildman–Crippen MR) is 133 cm³/mol. The van der Waals surface area contributed by atoms with Crippen LogP contribution in [0.1, 0.15) is 54.8 Å². The van der Waals surface area contributed by atoms with Crippen molar-refractivity contribution in [2.24, 2.45) is 0 Å². The molecule has 2 aliphatic rings. The Morgan fingerprint density at radius 3 is 1.54 bits per heavy atom. The molecule has 208 valence electrons. The minimum absolute atomic E-state index is 0.0518. The molecule has 13 heteroatoms. The van der Waals surface area contributed by atoms with Gasteiger partial charge in [-0.3, -0.25) is 0 Å². The van der Waals surface area contributed by atoms with Gasteiger partial charge >= 0.3 is 30.8 Å². The monoisotopic (exact) mass is 543 g/mol. The summed E-state index contributed by atoms with van der Waals surface area (Å²) in [4.78, 5) is 48.2. The fourth-order valence-corrected chi connectivity index (χ4v) is 3.83. The molecule has 39 heavy (non-hydrogen) atoms. The molecular weight excluding hydrogens is 515 g/mol. The lowest BCUT2D eigenvalue weighted by Gasteiger charge is -2.28. The Morgan fingerprint density at radius 2 is 1.10 bits per heavy atom. The Morgan fingerprint density at radius 1 is 0.692 bits per heavy atom. The highest BCUT2D eigenvalue weighted by molar-refractivity contribution is 6.54. The zero-order valence-electron chi connectivity index (χ0n) is 21.5. The van der Waals surface area contributed by atoms with Crippen molar-refractivity contribution in [1.29, 1.82) is 0 Å². The third-order valence-corrected chi connectivity index (χ3v) is 5.99. The molecule has 0 bridgehead atoms. The molecule has 2 fully saturated rings. The van der Waals surface area contributed by atoms with Gasteiger partial charge in [0.15, 0.2) is 0 Å². The molecule has 0 saturated carbocycles. The summed E-state index contributed by atoms with van der Waals surface area (Å²) in [6.45, 7) is -0.111. The number of benzene rings is 2. The molecule has 2 aliphatic heterocycles. The van der Waals surface area contributed by atoms with Crippen molar-refractivity contribution in [2.75, 3.05) is 40.1 Å². The first-order valence-electron chi connectivity index (χ1n) is 12.4. The van der Waals surface area contributed by atoms with Gasteiger partial charge in [0.05, 0.1) is 35.5 Å². The number of rotatable bonds is 10. The van der Waals surface area contributed by atoms with E-state index in [1.165, 1.54) is 55.6 Å². The second kappa shape index (κ2) is 12.8. The van der Waals surface area contributed by atoms with Gasteiger partial charge in [0.1, 0.15) is 19.8 Å². The predicted octanol–water partition coefficient (Wildman–Crippen LogP) is 2.32. The third-order valence-electron chi connectivity index (χ3n) is 5.99. The molecule has 2 aromatic rings. The molecule has 2 saturated heterocycles. The molecule has 12 nitrogen and oxygen atoms in total. The fraction of sp³-hybridized carbons (Fsp3) is 0.385. The first-order chi connectivity index (χ1) is 18.8. The maximum absolute atomic E-state index is 12.4. The quantitative estimate of drug-likeness (QED) is 0.188. The number of carbonyl (C=O) groups excluding carboxylic acids is 4. The molecule has 2 heterocycles. The summed E-state index contributed by atoms with van der Waals surface area (Å²) < 4.78 is 42.5. The highest BCUT2D eigenvalue weighted by Gasteiger charge is 2.46. The molecule has 4 rings (SSSR count). The molecule has 3 unspecified atom stereocenters. The number of carbonyl (C=O) groups is 4. The van der Waals surface area contributed by atoms with Gasteiger partial charge in [0.2, 0.25) is 0 Å². The normalized spacial score (nSPS) is 21.9. The van der Waals surface area contributed by atoms with Crippen LogP contribution >= 0.6 is 0 Å². The Hall–Kier alpha value is -3.78. The highest BCUT2D eigenvalue weighted by Crippen LogP contribution is 2.29. The van der Waals surface area contributed by atoms with Gasteiger partial charge in [0, 0.05) is 19.3 Å². The summed E-state index contributed by atoms with van der Waals surface area (Å²) in [6, 6.07) is 11.5. The molecule has 0 aromatic heterocycles. The largest absolute Gasteiger partial charge is 0.531 e. The second-order valence-electron chi connectivity index (χ2n) is 8.69. The van der Waals surface area contributed by atoms with Crippen LogP contribution in [-0.2, 0) is 37.6 Å². The van der Waals surface area contributed by atoms with E-state index in [0.717, 1.165) is 6.42 Å². The average molecular weight is 543 g/mol. The van der Waals surface area contributed by atoms with E-state index in [9.17, 15) is 19.2 Å². The van der Waals surface area contributed by atoms with E-state index in [0.29, 0.717) is 12.2 Å². The third kappa shape index (κ3) is 7.21. The van der Waals surface area contributed by atoms with E-state index in [-0.39, 0.29) is 49.2 Å². The van der Waals surface area contributed by atoms with Crippen LogP contribution in [-0.4, -0.2) is 83.2 Å². The van der Waals surface area contributed by atoms with E-state index in [4.69, 9.17) is 32.8 Å². The van der Waals surface area contributed by atoms with Gasteiger partial charge in [-0.25, -0.2) is 19.2 Å². The second-order valence-corrected chi connectivity index (χ2v) is 8.69. The average Bonchev–Trinajstić information content (AvgIpc) is 3.58. The fourth-order valence-electron chi connectivity index (χ4n) is 3.83. The van der Waals surface area contributed by atoms with E-state index in [2.05, 4.69) is 4.74 Å². The Balaban J connectivity index is 1.16. The van der Waals surface area contributed by atoms with E-state index in [1.54, 1.807) is 0 Å². The Kier molecular flexibility index (Phi) is 9.30. The number of hydrogen-bond acceptors (Lipinski definition) is 12. The number of esters is 4. The zero-order chi connectivity index (χ0) is 27.8. The van der Waals surface area contributed by atoms with Crippen LogP contribution in [0, 0.1) is 0 Å². The summed E-state index contributed by atoms with van der Waals surface area (Å²) in [6.07, 6.45) is 0.153. The van der Waals surface area contributed by atoms with Crippen LogP contribution in [0.5, 0.6) is 0 Å². The Bertz CT molecular complexity index is 1180. The minimum Gasteiger partial charge on any atom is -0.517 e. The van der Waals surface area contributed by atoms with Crippen molar-refractivity contribution in [3.8, 4) is 0 Å². The topological polar surface area (TPSA) is 142 Å². The number of hydrogen-bond donors (Lipinski definition) is 0. The smallest absolute Gasteiger partial charge is 0.517 e. The van der Waals surface area contributed by atoms with Crippen molar-refractivity contribution < 1.29 is 56.7 Å². The molecular formula is C26H28BO12-. The maximum Gasteiger partial charge on any atom is 0.531 e. The molecule has 0 N–H and O–H groups in total. The summed E-state index contributed by atoms with van der Waals surface area (Å²) in [5.41, 5.74) is 0.967. The molecule has 2 aromatic carbocycles. The maximum atomic E-state index is 12.4. The van der Waals surface area contributed by atoms with Gasteiger partial charge in [-0.2, -0.15) is 0 Å². The van der Waals surface area contributed by atoms with E-state index >= 15 is 0 Å². The summed E-state index contributed by atoms with van der Waals surface area (Å²) >= 11 is 0. The van der Waals surface area contributed by atoms with E-state index < -0.39 is 36.9 Å². The van der Waals surface area contributed by atoms with Gasteiger partial charge in [-0.05, 0) is 55.0 Å². The SMILES string of the molecule is CCC1CO[B-]2(OCC(COC(=O)c3ccc(C(=O)OCCOC(=O)c4ccc(C(=O)OC)cc4)cc3)O2)O1. The first-order valence-corrected chi connectivity index (χ1v) is 12.4. The van der Waals surface area contributed by atoms with Crippen molar-refractivity contribution >= 4 is 30.8 Å².